The first-order valence-corrected chi connectivity index (χ1v) is 5.04. The topological polar surface area (TPSA) is 76.7 Å². The van der Waals surface area contributed by atoms with Crippen LogP contribution in [0.1, 0.15) is 19.4 Å². The third-order valence-corrected chi connectivity index (χ3v) is 2.55. The predicted molar refractivity (Wildman–Crippen MR) is 59.8 cm³/mol. The molecule has 0 fully saturated rings. The lowest BCUT2D eigenvalue weighted by Crippen LogP contribution is -2.12. The summed E-state index contributed by atoms with van der Waals surface area (Å²) < 4.78 is 1.94. The van der Waals surface area contributed by atoms with Crippen molar-refractivity contribution in [1.82, 2.24) is 14.5 Å². The second-order valence-electron chi connectivity index (χ2n) is 3.44. The molecule has 0 aliphatic carbocycles. The van der Waals surface area contributed by atoms with E-state index >= 15 is 0 Å². The van der Waals surface area contributed by atoms with E-state index in [0.29, 0.717) is 11.0 Å². The monoisotopic (exact) mass is 206 g/mol. The zero-order valence-corrected chi connectivity index (χ0v) is 8.87. The number of anilines is 1. The van der Waals surface area contributed by atoms with Gasteiger partial charge < -0.3 is 10.3 Å². The van der Waals surface area contributed by atoms with Crippen molar-refractivity contribution in [2.24, 2.45) is 0 Å². The summed E-state index contributed by atoms with van der Waals surface area (Å²) >= 11 is 0. The standard InChI is InChI=1S/C10H14N4O/c1-3-6-5-14(4-2)8-7(6)9(15)13-10(11)12-8/h5H,3-4H2,1-2H3,(H3,11,12,13,15). The van der Waals surface area contributed by atoms with Crippen LogP contribution in [0, 0.1) is 0 Å². The third kappa shape index (κ3) is 1.40. The Hall–Kier alpha value is -1.78. The van der Waals surface area contributed by atoms with Crippen LogP contribution in [0.15, 0.2) is 11.0 Å². The number of hydrogen-bond acceptors (Lipinski definition) is 3. The van der Waals surface area contributed by atoms with Gasteiger partial charge in [0.25, 0.3) is 5.56 Å². The van der Waals surface area contributed by atoms with Crippen LogP contribution in [0.5, 0.6) is 0 Å². The molecule has 0 aromatic carbocycles. The molecule has 0 saturated carbocycles. The Kier molecular flexibility index (Phi) is 2.22. The van der Waals surface area contributed by atoms with Gasteiger partial charge in [-0.15, -0.1) is 0 Å². The molecule has 0 bridgehead atoms. The minimum atomic E-state index is -0.151. The molecule has 0 amide bonds. The molecule has 3 N–H and O–H groups in total. The maximum atomic E-state index is 11.7. The van der Waals surface area contributed by atoms with Crippen LogP contribution in [-0.4, -0.2) is 14.5 Å². The normalized spacial score (nSPS) is 11.1. The Morgan fingerprint density at radius 3 is 2.87 bits per heavy atom. The van der Waals surface area contributed by atoms with Gasteiger partial charge in [-0.05, 0) is 18.9 Å². The second kappa shape index (κ2) is 3.42. The van der Waals surface area contributed by atoms with Crippen molar-refractivity contribution in [2.45, 2.75) is 26.8 Å². The number of rotatable bonds is 2. The van der Waals surface area contributed by atoms with Crippen LogP contribution in [0.2, 0.25) is 0 Å². The summed E-state index contributed by atoms with van der Waals surface area (Å²) in [5.74, 6) is 0.169. The number of fused-ring (bicyclic) bond motifs is 1. The van der Waals surface area contributed by atoms with Gasteiger partial charge in [0.05, 0.1) is 5.39 Å². The van der Waals surface area contributed by atoms with Crippen molar-refractivity contribution in [2.75, 3.05) is 5.73 Å². The molecule has 2 aromatic heterocycles. The summed E-state index contributed by atoms with van der Waals surface area (Å²) in [6.07, 6.45) is 2.78. The number of nitrogens with two attached hydrogens (primary N) is 1. The number of aromatic amines is 1. The van der Waals surface area contributed by atoms with Gasteiger partial charge in [-0.1, -0.05) is 6.92 Å². The Bertz CT molecular complexity index is 552. The van der Waals surface area contributed by atoms with E-state index in [0.717, 1.165) is 18.5 Å². The molecule has 0 aliphatic rings. The van der Waals surface area contributed by atoms with Gasteiger partial charge in [-0.2, -0.15) is 4.98 Å². The fraction of sp³-hybridized carbons (Fsp3) is 0.400. The van der Waals surface area contributed by atoms with Crippen LogP contribution in [0.25, 0.3) is 11.0 Å². The zero-order valence-electron chi connectivity index (χ0n) is 8.87. The molecule has 80 valence electrons. The fourth-order valence-electron chi connectivity index (χ4n) is 1.80. The summed E-state index contributed by atoms with van der Waals surface area (Å²) in [7, 11) is 0. The Morgan fingerprint density at radius 2 is 2.27 bits per heavy atom. The number of aryl methyl sites for hydroxylation is 2. The largest absolute Gasteiger partial charge is 0.369 e. The van der Waals surface area contributed by atoms with Crippen LogP contribution in [-0.2, 0) is 13.0 Å². The summed E-state index contributed by atoms with van der Waals surface area (Å²) in [5, 5.41) is 0.661. The molecular formula is C10H14N4O. The number of aromatic nitrogens is 3. The average Bonchev–Trinajstić information content (AvgIpc) is 2.55. The lowest BCUT2D eigenvalue weighted by molar-refractivity contribution is 0.783. The Morgan fingerprint density at radius 1 is 1.53 bits per heavy atom. The Labute approximate surface area is 86.9 Å². The van der Waals surface area contributed by atoms with E-state index in [4.69, 9.17) is 5.73 Å². The van der Waals surface area contributed by atoms with Gasteiger partial charge in [0.1, 0.15) is 5.65 Å². The van der Waals surface area contributed by atoms with Crippen molar-refractivity contribution in [3.05, 3.63) is 22.1 Å². The van der Waals surface area contributed by atoms with Gasteiger partial charge in [0.2, 0.25) is 5.95 Å². The highest BCUT2D eigenvalue weighted by Gasteiger charge is 2.11. The van der Waals surface area contributed by atoms with Gasteiger partial charge >= 0.3 is 0 Å². The van der Waals surface area contributed by atoms with Crippen LogP contribution >= 0.6 is 0 Å². The van der Waals surface area contributed by atoms with Crippen molar-refractivity contribution >= 4 is 17.0 Å². The summed E-state index contributed by atoms with van der Waals surface area (Å²) in [6, 6.07) is 0. The molecule has 0 aliphatic heterocycles. The second-order valence-corrected chi connectivity index (χ2v) is 3.44. The van der Waals surface area contributed by atoms with E-state index in [1.54, 1.807) is 0 Å². The Balaban J connectivity index is 2.91. The number of nitrogens with one attached hydrogen (secondary N) is 1. The molecule has 0 atom stereocenters. The molecule has 2 aromatic rings. The molecule has 5 heteroatoms. The lowest BCUT2D eigenvalue weighted by Gasteiger charge is -1.99. The van der Waals surface area contributed by atoms with E-state index in [2.05, 4.69) is 9.97 Å². The summed E-state index contributed by atoms with van der Waals surface area (Å²) in [5.41, 5.74) is 7.06. The van der Waals surface area contributed by atoms with Crippen LogP contribution < -0.4 is 11.3 Å². The van der Waals surface area contributed by atoms with Gasteiger partial charge in [0, 0.05) is 12.7 Å². The smallest absolute Gasteiger partial charge is 0.262 e. The highest BCUT2D eigenvalue weighted by molar-refractivity contribution is 5.80. The maximum absolute atomic E-state index is 11.7. The molecule has 0 unspecified atom stereocenters. The quantitative estimate of drug-likeness (QED) is 0.766. The number of nitrogens with zero attached hydrogens (tertiary/aromatic N) is 2. The maximum Gasteiger partial charge on any atom is 0.262 e. The van der Waals surface area contributed by atoms with Crippen molar-refractivity contribution in [3.8, 4) is 0 Å². The van der Waals surface area contributed by atoms with Crippen molar-refractivity contribution in [3.63, 3.8) is 0 Å². The van der Waals surface area contributed by atoms with E-state index in [-0.39, 0.29) is 11.5 Å². The molecule has 5 nitrogen and oxygen atoms in total. The summed E-state index contributed by atoms with van der Waals surface area (Å²) in [6.45, 7) is 4.81. The molecule has 2 heterocycles. The van der Waals surface area contributed by atoms with E-state index in [9.17, 15) is 4.79 Å². The highest BCUT2D eigenvalue weighted by Crippen LogP contribution is 2.16. The van der Waals surface area contributed by atoms with Gasteiger partial charge in [-0.25, -0.2) is 0 Å². The van der Waals surface area contributed by atoms with Crippen molar-refractivity contribution < 1.29 is 0 Å². The molecule has 0 radical (unpaired) electrons. The number of hydrogen-bond donors (Lipinski definition) is 2. The summed E-state index contributed by atoms with van der Waals surface area (Å²) in [4.78, 5) is 18.4. The van der Waals surface area contributed by atoms with E-state index in [1.807, 2.05) is 24.6 Å². The minimum Gasteiger partial charge on any atom is -0.369 e. The molecular weight excluding hydrogens is 192 g/mol. The van der Waals surface area contributed by atoms with Gasteiger partial charge in [-0.3, -0.25) is 9.78 Å². The number of nitrogen functional groups attached to an aromatic ring is 1. The zero-order chi connectivity index (χ0) is 11.0. The van der Waals surface area contributed by atoms with Gasteiger partial charge in [0.15, 0.2) is 0 Å². The lowest BCUT2D eigenvalue weighted by atomic mass is 10.2. The minimum absolute atomic E-state index is 0.151. The van der Waals surface area contributed by atoms with Crippen LogP contribution in [0.3, 0.4) is 0 Å². The number of H-pyrrole nitrogens is 1. The highest BCUT2D eigenvalue weighted by atomic mass is 16.1. The fourth-order valence-corrected chi connectivity index (χ4v) is 1.80. The molecule has 2 rings (SSSR count). The average molecular weight is 206 g/mol. The molecule has 0 spiro atoms. The first-order chi connectivity index (χ1) is 7.17. The third-order valence-electron chi connectivity index (χ3n) is 2.55. The SMILES string of the molecule is CCc1cn(CC)c2nc(N)[nH]c(=O)c12. The van der Waals surface area contributed by atoms with Crippen LogP contribution in [0.4, 0.5) is 5.95 Å². The van der Waals surface area contributed by atoms with E-state index < -0.39 is 0 Å². The molecule has 15 heavy (non-hydrogen) atoms. The first-order valence-electron chi connectivity index (χ1n) is 5.04. The molecule has 0 saturated heterocycles. The predicted octanol–water partition coefficient (Wildman–Crippen LogP) is 0.889. The van der Waals surface area contributed by atoms with Crippen molar-refractivity contribution in [1.29, 1.82) is 0 Å². The van der Waals surface area contributed by atoms with E-state index in [1.165, 1.54) is 0 Å². The first kappa shape index (κ1) is 9.76.